The second kappa shape index (κ2) is 6.85. The first-order valence-electron chi connectivity index (χ1n) is 6.08. The molecule has 2 unspecified atom stereocenters. The first-order valence-corrected chi connectivity index (χ1v) is 7.90. The van der Waals surface area contributed by atoms with Crippen molar-refractivity contribution in [3.63, 3.8) is 0 Å². The van der Waals surface area contributed by atoms with E-state index in [1.54, 1.807) is 0 Å². The summed E-state index contributed by atoms with van der Waals surface area (Å²) in [6, 6.07) is -0.994. The molecule has 0 aromatic carbocycles. The highest BCUT2D eigenvalue weighted by Gasteiger charge is 2.34. The van der Waals surface area contributed by atoms with Crippen LogP contribution in [0.3, 0.4) is 0 Å². The number of sulfone groups is 1. The van der Waals surface area contributed by atoms with E-state index in [4.69, 9.17) is 9.84 Å². The third-order valence-corrected chi connectivity index (χ3v) is 4.83. The van der Waals surface area contributed by atoms with Crippen molar-refractivity contribution >= 4 is 21.7 Å². The monoisotopic (exact) mass is 293 g/mol. The number of rotatable bonds is 7. The van der Waals surface area contributed by atoms with E-state index in [0.717, 1.165) is 0 Å². The molecule has 0 radical (unpaired) electrons. The molecule has 1 saturated heterocycles. The zero-order chi connectivity index (χ0) is 14.5. The number of aliphatic carboxylic acids is 1. The number of carbonyl (C=O) groups is 2. The van der Waals surface area contributed by atoms with Gasteiger partial charge in [0.1, 0.15) is 6.04 Å². The minimum absolute atomic E-state index is 0.00744. The van der Waals surface area contributed by atoms with Gasteiger partial charge in [0.05, 0.1) is 17.4 Å². The van der Waals surface area contributed by atoms with Crippen LogP contribution in [0.4, 0.5) is 0 Å². The van der Waals surface area contributed by atoms with Gasteiger partial charge in [-0.2, -0.15) is 0 Å². The fourth-order valence-electron chi connectivity index (χ4n) is 1.98. The zero-order valence-electron chi connectivity index (χ0n) is 10.8. The summed E-state index contributed by atoms with van der Waals surface area (Å²) in [5.41, 5.74) is 0. The Bertz CT molecular complexity index is 432. The van der Waals surface area contributed by atoms with Gasteiger partial charge in [0.15, 0.2) is 9.84 Å². The lowest BCUT2D eigenvalue weighted by Gasteiger charge is -2.16. The Morgan fingerprint density at radius 3 is 2.63 bits per heavy atom. The van der Waals surface area contributed by atoms with Crippen molar-refractivity contribution in [2.24, 2.45) is 5.92 Å². The number of amides is 1. The summed E-state index contributed by atoms with van der Waals surface area (Å²) < 4.78 is 27.3. The smallest absolute Gasteiger partial charge is 0.326 e. The molecule has 19 heavy (non-hydrogen) atoms. The molecule has 1 amide bonds. The summed E-state index contributed by atoms with van der Waals surface area (Å²) in [5, 5.41) is 11.4. The highest BCUT2D eigenvalue weighted by molar-refractivity contribution is 7.91. The maximum Gasteiger partial charge on any atom is 0.326 e. The minimum Gasteiger partial charge on any atom is -0.480 e. The van der Waals surface area contributed by atoms with Crippen LogP contribution >= 0.6 is 0 Å². The van der Waals surface area contributed by atoms with Crippen LogP contribution in [0.1, 0.15) is 19.3 Å². The molecular formula is C11H19NO6S. The van der Waals surface area contributed by atoms with Gasteiger partial charge in [-0.15, -0.1) is 0 Å². The Kier molecular flexibility index (Phi) is 5.74. The first-order chi connectivity index (χ1) is 8.85. The Balaban J connectivity index is 2.50. The SMILES string of the molecule is COCCCC(NC(=O)C1CCS(=O)(=O)C1)C(=O)O. The highest BCUT2D eigenvalue weighted by atomic mass is 32.2. The molecule has 0 aromatic rings. The van der Waals surface area contributed by atoms with Crippen LogP contribution in [0.5, 0.6) is 0 Å². The summed E-state index contributed by atoms with van der Waals surface area (Å²) in [6.07, 6.45) is 1.03. The highest BCUT2D eigenvalue weighted by Crippen LogP contribution is 2.18. The van der Waals surface area contributed by atoms with Gasteiger partial charge in [-0.3, -0.25) is 4.79 Å². The molecule has 0 bridgehead atoms. The largest absolute Gasteiger partial charge is 0.480 e. The number of carboxylic acids is 1. The van der Waals surface area contributed by atoms with Gasteiger partial charge in [0.25, 0.3) is 0 Å². The van der Waals surface area contributed by atoms with Crippen LogP contribution in [0, 0.1) is 5.92 Å². The fourth-order valence-corrected chi connectivity index (χ4v) is 3.72. The van der Waals surface area contributed by atoms with Gasteiger partial charge in [-0.25, -0.2) is 13.2 Å². The Morgan fingerprint density at radius 2 is 2.16 bits per heavy atom. The van der Waals surface area contributed by atoms with Crippen molar-refractivity contribution < 1.29 is 27.9 Å². The molecule has 1 aliphatic heterocycles. The van der Waals surface area contributed by atoms with Crippen LogP contribution in [-0.4, -0.2) is 56.7 Å². The summed E-state index contributed by atoms with van der Waals surface area (Å²) in [7, 11) is -1.63. The van der Waals surface area contributed by atoms with E-state index in [0.29, 0.717) is 13.0 Å². The molecule has 1 aliphatic rings. The number of hydrogen-bond donors (Lipinski definition) is 2. The Hall–Kier alpha value is -1.15. The molecule has 0 aromatic heterocycles. The maximum absolute atomic E-state index is 11.8. The van der Waals surface area contributed by atoms with Crippen molar-refractivity contribution in [2.75, 3.05) is 25.2 Å². The van der Waals surface area contributed by atoms with Gasteiger partial charge in [0, 0.05) is 13.7 Å². The van der Waals surface area contributed by atoms with Gasteiger partial charge in [0.2, 0.25) is 5.91 Å². The predicted octanol–water partition coefficient (Wildman–Crippen LogP) is -0.583. The van der Waals surface area contributed by atoms with E-state index in [1.807, 2.05) is 0 Å². The lowest BCUT2D eigenvalue weighted by Crippen LogP contribution is -2.44. The molecule has 7 nitrogen and oxygen atoms in total. The van der Waals surface area contributed by atoms with Crippen molar-refractivity contribution in [3.8, 4) is 0 Å². The molecular weight excluding hydrogens is 274 g/mol. The predicted molar refractivity (Wildman–Crippen MR) is 67.4 cm³/mol. The Morgan fingerprint density at radius 1 is 1.47 bits per heavy atom. The second-order valence-corrected chi connectivity index (χ2v) is 6.86. The molecule has 0 aliphatic carbocycles. The number of carbonyl (C=O) groups excluding carboxylic acids is 1. The maximum atomic E-state index is 11.8. The summed E-state index contributed by atoms with van der Waals surface area (Å²) in [5.74, 6) is -2.44. The minimum atomic E-state index is -3.15. The topological polar surface area (TPSA) is 110 Å². The van der Waals surface area contributed by atoms with E-state index < -0.39 is 33.7 Å². The standard InChI is InChI=1S/C11H19NO6S/c1-18-5-2-3-9(11(14)15)12-10(13)8-4-6-19(16,17)7-8/h8-9H,2-7H2,1H3,(H,12,13)(H,14,15). The quantitative estimate of drug-likeness (QED) is 0.608. The average Bonchev–Trinajstić information content (AvgIpc) is 2.68. The second-order valence-electron chi connectivity index (χ2n) is 4.63. The van der Waals surface area contributed by atoms with Crippen LogP contribution < -0.4 is 5.32 Å². The molecule has 0 saturated carbocycles. The van der Waals surface area contributed by atoms with Crippen LogP contribution in [-0.2, 0) is 24.2 Å². The number of methoxy groups -OCH3 is 1. The molecule has 1 fully saturated rings. The first kappa shape index (κ1) is 15.9. The molecule has 1 heterocycles. The van der Waals surface area contributed by atoms with Gasteiger partial charge in [-0.1, -0.05) is 0 Å². The summed E-state index contributed by atoms with van der Waals surface area (Å²) in [4.78, 5) is 22.8. The number of carboxylic acid groups (broad SMARTS) is 1. The van der Waals surface area contributed by atoms with Gasteiger partial charge < -0.3 is 15.2 Å². The van der Waals surface area contributed by atoms with Gasteiger partial charge in [-0.05, 0) is 19.3 Å². The normalized spacial score (nSPS) is 22.9. The summed E-state index contributed by atoms with van der Waals surface area (Å²) >= 11 is 0. The van der Waals surface area contributed by atoms with E-state index in [1.165, 1.54) is 7.11 Å². The van der Waals surface area contributed by atoms with Crippen LogP contribution in [0.2, 0.25) is 0 Å². The third-order valence-electron chi connectivity index (χ3n) is 3.06. The van der Waals surface area contributed by atoms with Gasteiger partial charge >= 0.3 is 5.97 Å². The lowest BCUT2D eigenvalue weighted by atomic mass is 10.1. The number of hydrogen-bond acceptors (Lipinski definition) is 5. The molecule has 8 heteroatoms. The van der Waals surface area contributed by atoms with Crippen LogP contribution in [0.25, 0.3) is 0 Å². The molecule has 0 spiro atoms. The van der Waals surface area contributed by atoms with E-state index in [9.17, 15) is 18.0 Å². The van der Waals surface area contributed by atoms with Crippen molar-refractivity contribution in [1.29, 1.82) is 0 Å². The Labute approximate surface area is 112 Å². The molecule has 1 rings (SSSR count). The van der Waals surface area contributed by atoms with E-state index >= 15 is 0 Å². The fraction of sp³-hybridized carbons (Fsp3) is 0.818. The van der Waals surface area contributed by atoms with Crippen molar-refractivity contribution in [2.45, 2.75) is 25.3 Å². The van der Waals surface area contributed by atoms with Crippen molar-refractivity contribution in [1.82, 2.24) is 5.32 Å². The van der Waals surface area contributed by atoms with Crippen molar-refractivity contribution in [3.05, 3.63) is 0 Å². The number of nitrogens with one attached hydrogen (secondary N) is 1. The summed E-state index contributed by atoms with van der Waals surface area (Å²) in [6.45, 7) is 0.414. The van der Waals surface area contributed by atoms with Crippen LogP contribution in [0.15, 0.2) is 0 Å². The molecule has 2 N–H and O–H groups in total. The lowest BCUT2D eigenvalue weighted by molar-refractivity contribution is -0.142. The van der Waals surface area contributed by atoms with E-state index in [-0.39, 0.29) is 24.3 Å². The molecule has 2 atom stereocenters. The van der Waals surface area contributed by atoms with E-state index in [2.05, 4.69) is 5.32 Å². The third kappa shape index (κ3) is 5.15. The zero-order valence-corrected chi connectivity index (χ0v) is 11.6. The average molecular weight is 293 g/mol. The molecule has 110 valence electrons. The number of ether oxygens (including phenoxy) is 1.